The van der Waals surface area contributed by atoms with Crippen LogP contribution in [0.15, 0.2) is 11.4 Å². The minimum absolute atomic E-state index is 0.000132. The second-order valence-corrected chi connectivity index (χ2v) is 5.22. The SMILES string of the molecule is O=C(NCCC1CCNC1)c1csc([N+](=O)[O-])c1. The molecule has 2 heterocycles. The first-order valence-electron chi connectivity index (χ1n) is 5.88. The highest BCUT2D eigenvalue weighted by molar-refractivity contribution is 7.13. The summed E-state index contributed by atoms with van der Waals surface area (Å²) in [5, 5.41) is 18.1. The first-order chi connectivity index (χ1) is 8.66. The molecular formula is C11H15N3O3S. The highest BCUT2D eigenvalue weighted by Crippen LogP contribution is 2.22. The van der Waals surface area contributed by atoms with Gasteiger partial charge in [-0.15, -0.1) is 0 Å². The smallest absolute Gasteiger partial charge is 0.324 e. The molecule has 6 nitrogen and oxygen atoms in total. The van der Waals surface area contributed by atoms with Crippen molar-refractivity contribution in [3.8, 4) is 0 Å². The normalized spacial score (nSPS) is 18.8. The number of carbonyl (C=O) groups is 1. The molecule has 1 aliphatic rings. The van der Waals surface area contributed by atoms with Crippen LogP contribution >= 0.6 is 11.3 Å². The van der Waals surface area contributed by atoms with E-state index >= 15 is 0 Å². The zero-order valence-electron chi connectivity index (χ0n) is 9.85. The van der Waals surface area contributed by atoms with E-state index in [2.05, 4.69) is 10.6 Å². The third-order valence-corrected chi connectivity index (χ3v) is 3.91. The maximum absolute atomic E-state index is 11.7. The fourth-order valence-electron chi connectivity index (χ4n) is 1.99. The molecule has 1 fully saturated rings. The largest absolute Gasteiger partial charge is 0.352 e. The van der Waals surface area contributed by atoms with Crippen molar-refractivity contribution >= 4 is 22.2 Å². The molecule has 1 amide bonds. The van der Waals surface area contributed by atoms with Crippen LogP contribution < -0.4 is 10.6 Å². The van der Waals surface area contributed by atoms with Gasteiger partial charge in [-0.25, -0.2) is 0 Å². The Morgan fingerprint density at radius 3 is 3.11 bits per heavy atom. The van der Waals surface area contributed by atoms with E-state index < -0.39 is 4.92 Å². The molecule has 0 aromatic carbocycles. The highest BCUT2D eigenvalue weighted by atomic mass is 32.1. The van der Waals surface area contributed by atoms with Crippen molar-refractivity contribution < 1.29 is 9.72 Å². The monoisotopic (exact) mass is 269 g/mol. The van der Waals surface area contributed by atoms with Crippen LogP contribution in [-0.2, 0) is 0 Å². The predicted octanol–water partition coefficient (Wildman–Crippen LogP) is 1.39. The maximum atomic E-state index is 11.7. The Bertz CT molecular complexity index is 440. The zero-order valence-corrected chi connectivity index (χ0v) is 10.7. The maximum Gasteiger partial charge on any atom is 0.324 e. The number of nitrogens with one attached hydrogen (secondary N) is 2. The molecule has 1 aliphatic heterocycles. The molecule has 0 spiro atoms. The summed E-state index contributed by atoms with van der Waals surface area (Å²) in [5.41, 5.74) is 0.372. The van der Waals surface area contributed by atoms with Crippen molar-refractivity contribution in [1.29, 1.82) is 0 Å². The molecule has 1 aromatic heterocycles. The van der Waals surface area contributed by atoms with Crippen molar-refractivity contribution in [3.63, 3.8) is 0 Å². The lowest BCUT2D eigenvalue weighted by molar-refractivity contribution is -0.380. The van der Waals surface area contributed by atoms with E-state index in [1.54, 1.807) is 0 Å². The van der Waals surface area contributed by atoms with Gasteiger partial charge in [0.15, 0.2) is 0 Å². The van der Waals surface area contributed by atoms with Gasteiger partial charge in [-0.1, -0.05) is 11.3 Å². The minimum Gasteiger partial charge on any atom is -0.352 e. The van der Waals surface area contributed by atoms with Gasteiger partial charge >= 0.3 is 5.00 Å². The number of carbonyl (C=O) groups excluding carboxylic acids is 1. The Morgan fingerprint density at radius 1 is 1.67 bits per heavy atom. The number of nitrogens with zero attached hydrogens (tertiary/aromatic N) is 1. The Labute approximate surface area is 109 Å². The molecule has 7 heteroatoms. The Kier molecular flexibility index (Phi) is 4.27. The van der Waals surface area contributed by atoms with Crippen LogP contribution in [0.5, 0.6) is 0 Å². The lowest BCUT2D eigenvalue weighted by Gasteiger charge is -2.08. The number of nitro groups is 1. The van der Waals surface area contributed by atoms with Gasteiger partial charge in [-0.2, -0.15) is 0 Å². The van der Waals surface area contributed by atoms with Gasteiger partial charge < -0.3 is 10.6 Å². The van der Waals surface area contributed by atoms with Crippen LogP contribution in [0, 0.1) is 16.0 Å². The average Bonchev–Trinajstić information content (AvgIpc) is 2.99. The molecule has 1 aromatic rings. The van der Waals surface area contributed by atoms with E-state index in [-0.39, 0.29) is 10.9 Å². The number of thiophene rings is 1. The summed E-state index contributed by atoms with van der Waals surface area (Å²) in [5.74, 6) is 0.396. The molecule has 0 aliphatic carbocycles. The zero-order chi connectivity index (χ0) is 13.0. The van der Waals surface area contributed by atoms with E-state index in [1.807, 2.05) is 0 Å². The van der Waals surface area contributed by atoms with E-state index in [9.17, 15) is 14.9 Å². The van der Waals surface area contributed by atoms with Crippen molar-refractivity contribution in [2.75, 3.05) is 19.6 Å². The topological polar surface area (TPSA) is 84.3 Å². The van der Waals surface area contributed by atoms with Crippen LogP contribution in [0.3, 0.4) is 0 Å². The summed E-state index contributed by atoms with van der Waals surface area (Å²) in [6.07, 6.45) is 2.10. The number of amides is 1. The number of hydrogen-bond acceptors (Lipinski definition) is 5. The lowest BCUT2D eigenvalue weighted by Crippen LogP contribution is -2.26. The third-order valence-electron chi connectivity index (χ3n) is 3.03. The van der Waals surface area contributed by atoms with E-state index in [1.165, 1.54) is 11.4 Å². The van der Waals surface area contributed by atoms with Crippen molar-refractivity contribution in [2.24, 2.45) is 5.92 Å². The van der Waals surface area contributed by atoms with Gasteiger partial charge in [0.2, 0.25) is 0 Å². The number of rotatable bonds is 5. The van der Waals surface area contributed by atoms with Gasteiger partial charge in [0, 0.05) is 18.0 Å². The van der Waals surface area contributed by atoms with Crippen molar-refractivity contribution in [3.05, 3.63) is 27.1 Å². The summed E-state index contributed by atoms with van der Waals surface area (Å²) in [4.78, 5) is 21.7. The molecule has 2 rings (SSSR count). The van der Waals surface area contributed by atoms with Crippen molar-refractivity contribution in [1.82, 2.24) is 10.6 Å². The van der Waals surface area contributed by atoms with E-state index in [0.717, 1.165) is 37.3 Å². The Morgan fingerprint density at radius 2 is 2.50 bits per heavy atom. The van der Waals surface area contributed by atoms with Crippen LogP contribution in [0.4, 0.5) is 5.00 Å². The summed E-state index contributed by atoms with van der Waals surface area (Å²) in [6, 6.07) is 1.32. The fraction of sp³-hybridized carbons (Fsp3) is 0.545. The van der Waals surface area contributed by atoms with Gasteiger partial charge in [0.05, 0.1) is 10.5 Å². The highest BCUT2D eigenvalue weighted by Gasteiger charge is 2.16. The van der Waals surface area contributed by atoms with Crippen LogP contribution in [-0.4, -0.2) is 30.5 Å². The second kappa shape index (κ2) is 5.92. The molecule has 1 atom stereocenters. The summed E-state index contributed by atoms with van der Waals surface area (Å²) in [7, 11) is 0. The minimum atomic E-state index is -0.481. The Hall–Kier alpha value is -1.47. The van der Waals surface area contributed by atoms with Gasteiger partial charge in [-0.3, -0.25) is 14.9 Å². The third kappa shape index (κ3) is 3.27. The van der Waals surface area contributed by atoms with Gasteiger partial charge in [-0.05, 0) is 31.8 Å². The van der Waals surface area contributed by atoms with Gasteiger partial charge in [0.1, 0.15) is 0 Å². The van der Waals surface area contributed by atoms with Gasteiger partial charge in [0.25, 0.3) is 5.91 Å². The average molecular weight is 269 g/mol. The molecule has 1 unspecified atom stereocenters. The first-order valence-corrected chi connectivity index (χ1v) is 6.76. The molecule has 0 saturated carbocycles. The molecule has 2 N–H and O–H groups in total. The summed E-state index contributed by atoms with van der Waals surface area (Å²) in [6.45, 7) is 2.68. The lowest BCUT2D eigenvalue weighted by atomic mass is 10.1. The van der Waals surface area contributed by atoms with Crippen LogP contribution in [0.1, 0.15) is 23.2 Å². The molecule has 98 valence electrons. The standard InChI is InChI=1S/C11H15N3O3S/c15-11(9-5-10(14(16)17)18-7-9)13-4-2-8-1-3-12-6-8/h5,7-8,12H,1-4,6H2,(H,13,15). The summed E-state index contributed by atoms with van der Waals surface area (Å²) >= 11 is 0.975. The quantitative estimate of drug-likeness (QED) is 0.625. The van der Waals surface area contributed by atoms with Crippen LogP contribution in [0.2, 0.25) is 0 Å². The van der Waals surface area contributed by atoms with E-state index in [4.69, 9.17) is 0 Å². The predicted molar refractivity (Wildman–Crippen MR) is 68.9 cm³/mol. The molecule has 0 bridgehead atoms. The molecule has 18 heavy (non-hydrogen) atoms. The first kappa shape index (κ1) is 13.0. The molecular weight excluding hydrogens is 254 g/mol. The second-order valence-electron chi connectivity index (χ2n) is 4.33. The molecule has 1 saturated heterocycles. The van der Waals surface area contributed by atoms with Crippen molar-refractivity contribution in [2.45, 2.75) is 12.8 Å². The molecule has 0 radical (unpaired) electrons. The number of hydrogen-bond donors (Lipinski definition) is 2. The fourth-order valence-corrected chi connectivity index (χ4v) is 2.70. The van der Waals surface area contributed by atoms with E-state index in [0.29, 0.717) is 18.0 Å². The Balaban J connectivity index is 1.77. The summed E-state index contributed by atoms with van der Waals surface area (Å²) < 4.78 is 0. The van der Waals surface area contributed by atoms with Crippen LogP contribution in [0.25, 0.3) is 0 Å².